The minimum Gasteiger partial charge on any atom is -0.466 e. The number of carbonyl (C=O) groups is 1. The summed E-state index contributed by atoms with van der Waals surface area (Å²) in [6.45, 7) is 8.94. The summed E-state index contributed by atoms with van der Waals surface area (Å²) in [5.41, 5.74) is -0.229. The van der Waals surface area contributed by atoms with Crippen LogP contribution >= 0.6 is 0 Å². The first-order chi connectivity index (χ1) is 12.7. The molecule has 26 heavy (non-hydrogen) atoms. The van der Waals surface area contributed by atoms with Gasteiger partial charge in [0.1, 0.15) is 0 Å². The van der Waals surface area contributed by atoms with Crippen molar-refractivity contribution in [2.45, 2.75) is 137 Å². The van der Waals surface area contributed by atoms with Crippen molar-refractivity contribution in [3.63, 3.8) is 0 Å². The van der Waals surface area contributed by atoms with E-state index in [0.717, 1.165) is 25.7 Å². The van der Waals surface area contributed by atoms with Crippen LogP contribution in [0.1, 0.15) is 137 Å². The maximum absolute atomic E-state index is 12.3. The van der Waals surface area contributed by atoms with Crippen LogP contribution in [0.5, 0.6) is 0 Å². The standard InChI is InChI=1S/C24H48O2/c1-5-9-10-11-12-13-14-15-16-17-18-19-20-21-22-24(6-2,7-3)23(25)26-8-4/h5-22H2,1-4H3. The third-order valence-corrected chi connectivity index (χ3v) is 6.07. The van der Waals surface area contributed by atoms with Gasteiger partial charge in [0.2, 0.25) is 0 Å². The molecule has 2 heteroatoms. The first-order valence-corrected chi connectivity index (χ1v) is 11.8. The Balaban J connectivity index is 3.55. The van der Waals surface area contributed by atoms with Crippen LogP contribution in [-0.4, -0.2) is 12.6 Å². The third-order valence-electron chi connectivity index (χ3n) is 6.07. The van der Waals surface area contributed by atoms with E-state index in [9.17, 15) is 4.79 Å². The molecule has 0 radical (unpaired) electrons. The van der Waals surface area contributed by atoms with E-state index in [-0.39, 0.29) is 11.4 Å². The molecule has 0 N–H and O–H groups in total. The van der Waals surface area contributed by atoms with Gasteiger partial charge in [-0.25, -0.2) is 0 Å². The lowest BCUT2D eigenvalue weighted by molar-refractivity contribution is -0.156. The van der Waals surface area contributed by atoms with Crippen LogP contribution in [0.4, 0.5) is 0 Å². The summed E-state index contributed by atoms with van der Waals surface area (Å²) in [7, 11) is 0. The van der Waals surface area contributed by atoms with Crippen molar-refractivity contribution in [1.82, 2.24) is 0 Å². The molecule has 0 aromatic rings. The van der Waals surface area contributed by atoms with Crippen LogP contribution in [0.2, 0.25) is 0 Å². The Hall–Kier alpha value is -0.530. The number of esters is 1. The van der Waals surface area contributed by atoms with Crippen molar-refractivity contribution in [3.05, 3.63) is 0 Å². The van der Waals surface area contributed by atoms with E-state index >= 15 is 0 Å². The molecule has 0 spiro atoms. The molecule has 156 valence electrons. The van der Waals surface area contributed by atoms with Gasteiger partial charge < -0.3 is 4.74 Å². The van der Waals surface area contributed by atoms with Crippen LogP contribution in [0.15, 0.2) is 0 Å². The fourth-order valence-electron chi connectivity index (χ4n) is 3.94. The van der Waals surface area contributed by atoms with E-state index in [1.165, 1.54) is 83.5 Å². The summed E-state index contributed by atoms with van der Waals surface area (Å²) >= 11 is 0. The fourth-order valence-corrected chi connectivity index (χ4v) is 3.94. The molecule has 0 saturated carbocycles. The Labute approximate surface area is 164 Å². The van der Waals surface area contributed by atoms with Crippen LogP contribution in [0.3, 0.4) is 0 Å². The van der Waals surface area contributed by atoms with Crippen molar-refractivity contribution >= 4 is 5.97 Å². The lowest BCUT2D eigenvalue weighted by Crippen LogP contribution is -2.32. The van der Waals surface area contributed by atoms with Crippen molar-refractivity contribution in [2.75, 3.05) is 6.61 Å². The molecular weight excluding hydrogens is 320 g/mol. The average Bonchev–Trinajstić information content (AvgIpc) is 2.65. The normalized spacial score (nSPS) is 11.7. The van der Waals surface area contributed by atoms with Gasteiger partial charge >= 0.3 is 5.97 Å². The lowest BCUT2D eigenvalue weighted by atomic mass is 9.77. The molecule has 0 atom stereocenters. The van der Waals surface area contributed by atoms with Gasteiger partial charge in [0.15, 0.2) is 0 Å². The molecule has 0 fully saturated rings. The summed E-state index contributed by atoms with van der Waals surface area (Å²) in [5, 5.41) is 0. The Bertz CT molecular complexity index is 307. The minimum atomic E-state index is -0.229. The van der Waals surface area contributed by atoms with Gasteiger partial charge in [0.25, 0.3) is 0 Å². The molecule has 0 unspecified atom stereocenters. The van der Waals surface area contributed by atoms with Crippen molar-refractivity contribution in [2.24, 2.45) is 5.41 Å². The first kappa shape index (κ1) is 25.5. The molecule has 0 heterocycles. The smallest absolute Gasteiger partial charge is 0.312 e. The van der Waals surface area contributed by atoms with Crippen LogP contribution in [0.25, 0.3) is 0 Å². The zero-order chi connectivity index (χ0) is 19.5. The molecule has 0 aromatic carbocycles. The van der Waals surface area contributed by atoms with E-state index in [1.807, 2.05) is 6.92 Å². The molecule has 0 saturated heterocycles. The van der Waals surface area contributed by atoms with E-state index in [1.54, 1.807) is 0 Å². The average molecular weight is 369 g/mol. The number of rotatable bonds is 19. The Morgan fingerprint density at radius 2 is 1.00 bits per heavy atom. The van der Waals surface area contributed by atoms with Gasteiger partial charge in [-0.2, -0.15) is 0 Å². The highest BCUT2D eigenvalue weighted by Gasteiger charge is 2.35. The number of hydrogen-bond donors (Lipinski definition) is 0. The monoisotopic (exact) mass is 368 g/mol. The molecule has 0 aromatic heterocycles. The molecule has 0 aliphatic heterocycles. The largest absolute Gasteiger partial charge is 0.466 e. The molecule has 2 nitrogen and oxygen atoms in total. The highest BCUT2D eigenvalue weighted by atomic mass is 16.5. The summed E-state index contributed by atoms with van der Waals surface area (Å²) in [5.74, 6) is 0.0275. The van der Waals surface area contributed by atoms with E-state index in [2.05, 4.69) is 20.8 Å². The number of hydrogen-bond acceptors (Lipinski definition) is 2. The minimum absolute atomic E-state index is 0.0275. The Morgan fingerprint density at radius 1 is 0.615 bits per heavy atom. The topological polar surface area (TPSA) is 26.3 Å². The summed E-state index contributed by atoms with van der Waals surface area (Å²) in [6, 6.07) is 0. The maximum Gasteiger partial charge on any atom is 0.312 e. The SMILES string of the molecule is CCCCCCCCCCCCCCCCC(CC)(CC)C(=O)OCC. The van der Waals surface area contributed by atoms with E-state index < -0.39 is 0 Å². The van der Waals surface area contributed by atoms with Gasteiger partial charge in [-0.05, 0) is 26.2 Å². The van der Waals surface area contributed by atoms with Crippen LogP contribution in [-0.2, 0) is 9.53 Å². The molecule has 0 aliphatic carbocycles. The molecule has 0 bridgehead atoms. The predicted octanol–water partition coefficient (Wildman–Crippen LogP) is 8.23. The number of ether oxygens (including phenoxy) is 1. The van der Waals surface area contributed by atoms with E-state index in [4.69, 9.17) is 4.74 Å². The zero-order valence-corrected chi connectivity index (χ0v) is 18.5. The van der Waals surface area contributed by atoms with Crippen molar-refractivity contribution in [1.29, 1.82) is 0 Å². The number of unbranched alkanes of at least 4 members (excludes halogenated alkanes) is 13. The second-order valence-corrected chi connectivity index (χ2v) is 8.05. The van der Waals surface area contributed by atoms with Crippen LogP contribution in [0, 0.1) is 5.41 Å². The van der Waals surface area contributed by atoms with Gasteiger partial charge in [0.05, 0.1) is 12.0 Å². The highest BCUT2D eigenvalue weighted by Crippen LogP contribution is 2.34. The molecule has 0 rings (SSSR count). The maximum atomic E-state index is 12.3. The Kier molecular flexibility index (Phi) is 17.5. The number of carbonyl (C=O) groups excluding carboxylic acids is 1. The molecule has 0 aliphatic rings. The molecular formula is C24H48O2. The quantitative estimate of drug-likeness (QED) is 0.169. The summed E-state index contributed by atoms with van der Waals surface area (Å²) in [6.07, 6.45) is 22.1. The van der Waals surface area contributed by atoms with E-state index in [0.29, 0.717) is 6.61 Å². The fraction of sp³-hybridized carbons (Fsp3) is 0.958. The van der Waals surface area contributed by atoms with Gasteiger partial charge in [-0.15, -0.1) is 0 Å². The van der Waals surface area contributed by atoms with Gasteiger partial charge in [-0.1, -0.05) is 111 Å². The van der Waals surface area contributed by atoms with Crippen molar-refractivity contribution in [3.8, 4) is 0 Å². The molecule has 0 amide bonds. The second kappa shape index (κ2) is 17.9. The second-order valence-electron chi connectivity index (χ2n) is 8.05. The highest BCUT2D eigenvalue weighted by molar-refractivity contribution is 5.76. The van der Waals surface area contributed by atoms with Gasteiger partial charge in [-0.3, -0.25) is 4.79 Å². The van der Waals surface area contributed by atoms with Crippen molar-refractivity contribution < 1.29 is 9.53 Å². The predicted molar refractivity (Wildman–Crippen MR) is 115 cm³/mol. The summed E-state index contributed by atoms with van der Waals surface area (Å²) < 4.78 is 5.32. The zero-order valence-electron chi connectivity index (χ0n) is 18.5. The van der Waals surface area contributed by atoms with Gasteiger partial charge in [0, 0.05) is 0 Å². The van der Waals surface area contributed by atoms with Crippen LogP contribution < -0.4 is 0 Å². The Morgan fingerprint density at radius 3 is 1.35 bits per heavy atom. The third kappa shape index (κ3) is 12.0. The summed E-state index contributed by atoms with van der Waals surface area (Å²) in [4.78, 5) is 12.3. The first-order valence-electron chi connectivity index (χ1n) is 11.8. The lowest BCUT2D eigenvalue weighted by Gasteiger charge is -2.29.